The molecule has 168 valence electrons. The first-order valence-electron chi connectivity index (χ1n) is 11.5. The summed E-state index contributed by atoms with van der Waals surface area (Å²) in [6.07, 6.45) is 3.03. The lowest BCUT2D eigenvalue weighted by molar-refractivity contribution is -0.131. The number of aromatic amines is 1. The van der Waals surface area contributed by atoms with Gasteiger partial charge >= 0.3 is 5.69 Å². The fraction of sp³-hybridized carbons (Fsp3) is 0.423. The van der Waals surface area contributed by atoms with Crippen LogP contribution in [0.15, 0.2) is 53.3 Å². The van der Waals surface area contributed by atoms with E-state index in [9.17, 15) is 9.59 Å². The predicted octanol–water partition coefficient (Wildman–Crippen LogP) is 4.02. The number of nitrogens with one attached hydrogen (secondary N) is 1. The number of rotatable bonds is 6. The van der Waals surface area contributed by atoms with Gasteiger partial charge in [-0.1, -0.05) is 56.3 Å². The van der Waals surface area contributed by atoms with Crippen molar-refractivity contribution >= 4 is 5.91 Å². The molecule has 1 aliphatic heterocycles. The molecule has 2 heterocycles. The second kappa shape index (κ2) is 9.55. The Bertz CT molecular complexity index is 1120. The molecule has 6 heteroatoms. The molecule has 4 rings (SSSR count). The number of hydrogen-bond donors (Lipinski definition) is 1. The number of nitrogens with zero attached hydrogens (tertiary/aromatic N) is 3. The summed E-state index contributed by atoms with van der Waals surface area (Å²) in [6.45, 7) is 7.86. The van der Waals surface area contributed by atoms with Gasteiger partial charge in [-0.2, -0.15) is 5.10 Å². The number of benzene rings is 2. The average Bonchev–Trinajstić information content (AvgIpc) is 3.14. The van der Waals surface area contributed by atoms with Gasteiger partial charge in [0, 0.05) is 19.5 Å². The van der Waals surface area contributed by atoms with E-state index in [-0.39, 0.29) is 11.6 Å². The Morgan fingerprint density at radius 3 is 2.44 bits per heavy atom. The minimum atomic E-state index is -0.203. The van der Waals surface area contributed by atoms with E-state index >= 15 is 0 Å². The second-order valence-corrected chi connectivity index (χ2v) is 9.17. The molecule has 6 nitrogen and oxygen atoms in total. The number of para-hydroxylation sites is 1. The van der Waals surface area contributed by atoms with Crippen molar-refractivity contribution in [2.24, 2.45) is 5.92 Å². The summed E-state index contributed by atoms with van der Waals surface area (Å²) in [7, 11) is 0. The lowest BCUT2D eigenvalue weighted by Crippen LogP contribution is -2.40. The summed E-state index contributed by atoms with van der Waals surface area (Å²) in [4.78, 5) is 27.2. The van der Waals surface area contributed by atoms with Crippen molar-refractivity contribution in [1.82, 2.24) is 19.7 Å². The molecule has 0 radical (unpaired) electrons. The summed E-state index contributed by atoms with van der Waals surface area (Å²) < 4.78 is 1.69. The molecule has 0 saturated carbocycles. The van der Waals surface area contributed by atoms with Crippen LogP contribution in [0, 0.1) is 12.8 Å². The maximum atomic E-state index is 12.8. The summed E-state index contributed by atoms with van der Waals surface area (Å²) >= 11 is 0. The van der Waals surface area contributed by atoms with E-state index in [2.05, 4.69) is 48.3 Å². The standard InChI is InChI=1S/C26H32N4O2/c1-18(2)22-10-8-20(9-11-22)17-25(31)29-14-12-21(13-15-29)16-24-27-28-26(32)30(24)23-7-5-4-6-19(23)3/h4-11,18,21H,12-17H2,1-3H3,(H,28,32). The molecule has 0 bridgehead atoms. The van der Waals surface area contributed by atoms with E-state index in [4.69, 9.17) is 0 Å². The average molecular weight is 433 g/mol. The van der Waals surface area contributed by atoms with Crippen LogP contribution < -0.4 is 5.69 Å². The molecular formula is C26H32N4O2. The highest BCUT2D eigenvalue weighted by molar-refractivity contribution is 5.78. The van der Waals surface area contributed by atoms with Crippen LogP contribution in [0.5, 0.6) is 0 Å². The van der Waals surface area contributed by atoms with E-state index in [0.29, 0.717) is 18.3 Å². The van der Waals surface area contributed by atoms with Crippen molar-refractivity contribution in [2.75, 3.05) is 13.1 Å². The topological polar surface area (TPSA) is 71.0 Å². The molecule has 32 heavy (non-hydrogen) atoms. The van der Waals surface area contributed by atoms with Crippen LogP contribution in [0.2, 0.25) is 0 Å². The van der Waals surface area contributed by atoms with Crippen LogP contribution in [-0.2, 0) is 17.6 Å². The molecule has 1 N–H and O–H groups in total. The smallest absolute Gasteiger partial charge is 0.342 e. The van der Waals surface area contributed by atoms with Gasteiger partial charge in [-0.05, 0) is 54.4 Å². The highest BCUT2D eigenvalue weighted by Crippen LogP contribution is 2.23. The van der Waals surface area contributed by atoms with Crippen LogP contribution in [-0.4, -0.2) is 38.7 Å². The van der Waals surface area contributed by atoms with Crippen molar-refractivity contribution in [3.05, 3.63) is 81.5 Å². The molecule has 2 aromatic carbocycles. The molecule has 1 aliphatic rings. The molecular weight excluding hydrogens is 400 g/mol. The maximum absolute atomic E-state index is 12.8. The minimum absolute atomic E-state index is 0.192. The fourth-order valence-corrected chi connectivity index (χ4v) is 4.48. The number of piperidine rings is 1. The SMILES string of the molecule is Cc1ccccc1-n1c(CC2CCN(C(=O)Cc3ccc(C(C)C)cc3)CC2)n[nH]c1=O. The number of aromatic nitrogens is 3. The number of likely N-dealkylation sites (tertiary alicyclic amines) is 1. The quantitative estimate of drug-likeness (QED) is 0.640. The minimum Gasteiger partial charge on any atom is -0.342 e. The highest BCUT2D eigenvalue weighted by atomic mass is 16.2. The number of hydrogen-bond acceptors (Lipinski definition) is 3. The Morgan fingerprint density at radius 2 is 1.78 bits per heavy atom. The van der Waals surface area contributed by atoms with Gasteiger partial charge in [-0.15, -0.1) is 0 Å². The van der Waals surface area contributed by atoms with Crippen molar-refractivity contribution in [2.45, 2.75) is 52.4 Å². The van der Waals surface area contributed by atoms with Gasteiger partial charge in [0.1, 0.15) is 5.82 Å². The molecule has 0 unspecified atom stereocenters. The first-order valence-corrected chi connectivity index (χ1v) is 11.5. The predicted molar refractivity (Wildman–Crippen MR) is 126 cm³/mol. The molecule has 1 aromatic heterocycles. The number of carbonyl (C=O) groups excluding carboxylic acids is 1. The summed E-state index contributed by atoms with van der Waals surface area (Å²) in [6, 6.07) is 16.2. The summed E-state index contributed by atoms with van der Waals surface area (Å²) in [5.74, 6) is 1.86. The Labute approximate surface area is 189 Å². The van der Waals surface area contributed by atoms with Crippen LogP contribution in [0.1, 0.15) is 55.1 Å². The van der Waals surface area contributed by atoms with Crippen molar-refractivity contribution in [1.29, 1.82) is 0 Å². The zero-order chi connectivity index (χ0) is 22.7. The van der Waals surface area contributed by atoms with Gasteiger partial charge in [0.15, 0.2) is 0 Å². The van der Waals surface area contributed by atoms with E-state index < -0.39 is 0 Å². The first kappa shape index (κ1) is 22.1. The molecule has 1 amide bonds. The van der Waals surface area contributed by atoms with Crippen molar-refractivity contribution < 1.29 is 4.79 Å². The van der Waals surface area contributed by atoms with Crippen LogP contribution >= 0.6 is 0 Å². The molecule has 0 aliphatic carbocycles. The monoisotopic (exact) mass is 432 g/mol. The number of amides is 1. The van der Waals surface area contributed by atoms with Crippen molar-refractivity contribution in [3.8, 4) is 5.69 Å². The number of aryl methyl sites for hydroxylation is 1. The van der Waals surface area contributed by atoms with Gasteiger partial charge in [0.2, 0.25) is 5.91 Å². The Balaban J connectivity index is 1.35. The highest BCUT2D eigenvalue weighted by Gasteiger charge is 2.25. The first-order chi connectivity index (χ1) is 15.4. The van der Waals surface area contributed by atoms with Gasteiger partial charge in [-0.3, -0.25) is 4.79 Å². The molecule has 0 spiro atoms. The summed E-state index contributed by atoms with van der Waals surface area (Å²) in [5.41, 5.74) is 4.08. The zero-order valence-corrected chi connectivity index (χ0v) is 19.2. The Kier molecular flexibility index (Phi) is 6.58. The normalized spacial score (nSPS) is 14.8. The Morgan fingerprint density at radius 1 is 1.09 bits per heavy atom. The van der Waals surface area contributed by atoms with Crippen LogP contribution in [0.25, 0.3) is 5.69 Å². The van der Waals surface area contributed by atoms with Gasteiger partial charge in [0.05, 0.1) is 12.1 Å². The largest absolute Gasteiger partial charge is 0.347 e. The molecule has 1 saturated heterocycles. The van der Waals surface area contributed by atoms with Crippen LogP contribution in [0.3, 0.4) is 0 Å². The third-order valence-corrected chi connectivity index (χ3v) is 6.54. The fourth-order valence-electron chi connectivity index (χ4n) is 4.48. The molecule has 3 aromatic rings. The third kappa shape index (κ3) is 4.85. The van der Waals surface area contributed by atoms with E-state index in [0.717, 1.165) is 55.0 Å². The molecule has 0 atom stereocenters. The van der Waals surface area contributed by atoms with Gasteiger partial charge in [-0.25, -0.2) is 14.5 Å². The van der Waals surface area contributed by atoms with Crippen molar-refractivity contribution in [3.63, 3.8) is 0 Å². The maximum Gasteiger partial charge on any atom is 0.347 e. The summed E-state index contributed by atoms with van der Waals surface area (Å²) in [5, 5.41) is 6.91. The van der Waals surface area contributed by atoms with Gasteiger partial charge < -0.3 is 4.90 Å². The van der Waals surface area contributed by atoms with Crippen LogP contribution in [0.4, 0.5) is 0 Å². The lowest BCUT2D eigenvalue weighted by atomic mass is 9.92. The lowest BCUT2D eigenvalue weighted by Gasteiger charge is -2.32. The Hall–Kier alpha value is -3.15. The third-order valence-electron chi connectivity index (χ3n) is 6.54. The van der Waals surface area contributed by atoms with Gasteiger partial charge in [0.25, 0.3) is 0 Å². The van der Waals surface area contributed by atoms with E-state index in [1.54, 1.807) is 4.57 Å². The van der Waals surface area contributed by atoms with E-state index in [1.165, 1.54) is 5.56 Å². The molecule has 1 fully saturated rings. The second-order valence-electron chi connectivity index (χ2n) is 9.17. The van der Waals surface area contributed by atoms with E-state index in [1.807, 2.05) is 36.1 Å². The number of H-pyrrole nitrogens is 1. The number of carbonyl (C=O) groups is 1. The zero-order valence-electron chi connectivity index (χ0n) is 19.2.